The molecule has 336 valence electrons. The summed E-state index contributed by atoms with van der Waals surface area (Å²) in [5.74, 6) is 1.44. The molecular weight excluding hydrogens is 853 g/mol. The van der Waals surface area contributed by atoms with Crippen molar-refractivity contribution in [2.75, 3.05) is 135 Å². The number of benzene rings is 2. The van der Waals surface area contributed by atoms with Gasteiger partial charge >= 0.3 is 0 Å². The second kappa shape index (κ2) is 22.8. The molecule has 4 aromatic rings. The number of nitrogens with one attached hydrogen (secondary N) is 4. The monoisotopic (exact) mass is 902 g/mol. The zero-order valence-electron chi connectivity index (χ0n) is 33.5. The standard InChI is InChI=1S/C36H50N14O10S2/c51-19-15-49(16-20-52)35-43-31(41-33(45-35)47-11-7-37-8-12-47)39-27-5-3-25(29(23-27)61-60-59-55)1-2-26-4-6-28(24-30(26)62(56,57)58)40-32-42-34(48-13-9-38-10-14-48)46-36(44-32)50(17-21-53)18-22-54/h1-6,23-24,37-38,51-55H,7-22H2,(H,56,57,58)(H,39,41,43,45)(H,40,42,44,46). The van der Waals surface area contributed by atoms with Gasteiger partial charge < -0.3 is 61.3 Å². The van der Waals surface area contributed by atoms with Crippen LogP contribution in [-0.2, 0) is 19.5 Å². The van der Waals surface area contributed by atoms with Crippen LogP contribution in [0.4, 0.5) is 47.1 Å². The van der Waals surface area contributed by atoms with Gasteiger partial charge in [0, 0.05) is 94.8 Å². The van der Waals surface area contributed by atoms with Crippen LogP contribution < -0.4 is 40.9 Å². The lowest BCUT2D eigenvalue weighted by molar-refractivity contribution is -0.432. The molecule has 2 aliphatic rings. The lowest BCUT2D eigenvalue weighted by Gasteiger charge is -2.29. The van der Waals surface area contributed by atoms with E-state index in [2.05, 4.69) is 56.2 Å². The maximum Gasteiger partial charge on any atom is 0.295 e. The molecule has 0 unspecified atom stereocenters. The lowest BCUT2D eigenvalue weighted by Crippen LogP contribution is -2.44. The molecule has 2 saturated heterocycles. The molecule has 2 aromatic carbocycles. The number of aromatic nitrogens is 6. The Morgan fingerprint density at radius 3 is 1.58 bits per heavy atom. The van der Waals surface area contributed by atoms with Gasteiger partial charge in [-0.1, -0.05) is 29.3 Å². The summed E-state index contributed by atoms with van der Waals surface area (Å²) in [6.45, 7) is 5.23. The SMILES string of the molecule is O=S(=O)(O)c1cc(Nc2nc(N(CCO)CCO)nc(N3CCNCC3)n2)ccc1C=Cc1ccc(Nc2nc(N(CCO)CCO)nc(N3CCNCC3)n2)cc1SOOO. The molecule has 24 nitrogen and oxygen atoms in total. The van der Waals surface area contributed by atoms with Gasteiger partial charge in [0.2, 0.25) is 35.7 Å². The summed E-state index contributed by atoms with van der Waals surface area (Å²) in [4.78, 5) is 34.6. The average Bonchev–Trinajstić information content (AvgIpc) is 3.28. The summed E-state index contributed by atoms with van der Waals surface area (Å²) in [7, 11) is -4.78. The molecule has 0 aliphatic carbocycles. The minimum absolute atomic E-state index is 0.0662. The van der Waals surface area contributed by atoms with E-state index in [0.29, 0.717) is 79.4 Å². The average molecular weight is 903 g/mol. The Hall–Kier alpha value is -5.10. The Morgan fingerprint density at radius 1 is 0.677 bits per heavy atom. The molecule has 2 aromatic heterocycles. The summed E-state index contributed by atoms with van der Waals surface area (Å²) in [6.07, 6.45) is 3.04. The fourth-order valence-corrected chi connectivity index (χ4v) is 7.73. The van der Waals surface area contributed by atoms with E-state index in [1.807, 2.05) is 9.80 Å². The highest BCUT2D eigenvalue weighted by molar-refractivity contribution is 7.94. The third-order valence-corrected chi connectivity index (χ3v) is 11.1. The van der Waals surface area contributed by atoms with Crippen LogP contribution in [0.2, 0.25) is 0 Å². The molecule has 2 fully saturated rings. The summed E-state index contributed by atoms with van der Waals surface area (Å²) >= 11 is 0.657. The molecule has 62 heavy (non-hydrogen) atoms. The van der Waals surface area contributed by atoms with Crippen LogP contribution in [0.1, 0.15) is 11.1 Å². The number of hydrogen-bond donors (Lipinski definition) is 10. The number of aliphatic hydroxyl groups excluding tert-OH is 4. The Balaban J connectivity index is 1.28. The second-order valence-electron chi connectivity index (χ2n) is 13.7. The highest BCUT2D eigenvalue weighted by Gasteiger charge is 2.22. The summed E-state index contributed by atoms with van der Waals surface area (Å²) in [6, 6.07) is 9.31. The van der Waals surface area contributed by atoms with Crippen molar-refractivity contribution in [1.82, 2.24) is 40.5 Å². The van der Waals surface area contributed by atoms with E-state index < -0.39 is 15.0 Å². The van der Waals surface area contributed by atoms with Gasteiger partial charge in [-0.3, -0.25) is 4.55 Å². The highest BCUT2D eigenvalue weighted by atomic mass is 32.2. The van der Waals surface area contributed by atoms with Gasteiger partial charge in [0.1, 0.15) is 4.90 Å². The molecule has 10 N–H and O–H groups in total. The van der Waals surface area contributed by atoms with Crippen molar-refractivity contribution in [3.05, 3.63) is 47.5 Å². The summed E-state index contributed by atoms with van der Waals surface area (Å²) in [5.41, 5.74) is 1.33. The van der Waals surface area contributed by atoms with Crippen molar-refractivity contribution >= 4 is 81.4 Å². The molecule has 0 amide bonds. The number of rotatable bonds is 22. The zero-order chi connectivity index (χ0) is 43.9. The molecule has 0 saturated carbocycles. The molecule has 0 spiro atoms. The number of aliphatic hydroxyl groups is 4. The predicted octanol–water partition coefficient (Wildman–Crippen LogP) is -0.210. The van der Waals surface area contributed by atoms with E-state index in [4.69, 9.17) is 9.59 Å². The van der Waals surface area contributed by atoms with E-state index in [1.54, 1.807) is 40.1 Å². The molecule has 2 aliphatic heterocycles. The van der Waals surface area contributed by atoms with E-state index >= 15 is 0 Å². The van der Waals surface area contributed by atoms with Crippen LogP contribution >= 0.6 is 12.0 Å². The Labute approximate surface area is 361 Å². The molecule has 26 heteroatoms. The van der Waals surface area contributed by atoms with Gasteiger partial charge in [-0.15, -0.1) is 4.33 Å². The van der Waals surface area contributed by atoms with Gasteiger partial charge in [-0.05, 0) is 35.4 Å². The van der Waals surface area contributed by atoms with Crippen LogP contribution in [-0.4, -0.2) is 174 Å². The van der Waals surface area contributed by atoms with Gasteiger partial charge in [-0.25, -0.2) is 5.26 Å². The Kier molecular flexibility index (Phi) is 17.1. The van der Waals surface area contributed by atoms with Gasteiger partial charge in [0.15, 0.2) is 0 Å². The van der Waals surface area contributed by atoms with Gasteiger partial charge in [0.05, 0.1) is 38.5 Å². The molecule has 6 rings (SSSR count). The predicted molar refractivity (Wildman–Crippen MR) is 231 cm³/mol. The molecule has 4 heterocycles. The fourth-order valence-electron chi connectivity index (χ4n) is 6.51. The first kappa shape index (κ1) is 46.4. The summed E-state index contributed by atoms with van der Waals surface area (Å²) in [5, 5.41) is 64.2. The maximum absolute atomic E-state index is 12.8. The first-order chi connectivity index (χ1) is 30.1. The van der Waals surface area contributed by atoms with Crippen LogP contribution in [0.15, 0.2) is 46.2 Å². The Bertz CT molecular complexity index is 2210. The van der Waals surface area contributed by atoms with Gasteiger partial charge in [0.25, 0.3) is 10.1 Å². The number of hydrogen-bond acceptors (Lipinski definition) is 24. The zero-order valence-corrected chi connectivity index (χ0v) is 35.2. The fraction of sp³-hybridized carbons (Fsp3) is 0.444. The first-order valence-corrected chi connectivity index (χ1v) is 21.8. The summed E-state index contributed by atoms with van der Waals surface area (Å²) < 4.78 is 40.7. The van der Waals surface area contributed by atoms with Crippen LogP contribution in [0, 0.1) is 0 Å². The topological polar surface area (TPSA) is 312 Å². The minimum Gasteiger partial charge on any atom is -0.395 e. The Morgan fingerprint density at radius 2 is 1.13 bits per heavy atom. The van der Waals surface area contributed by atoms with Crippen molar-refractivity contribution in [1.29, 1.82) is 0 Å². The van der Waals surface area contributed by atoms with Crippen LogP contribution in [0.3, 0.4) is 0 Å². The normalized spacial score (nSPS) is 14.7. The van der Waals surface area contributed by atoms with Crippen molar-refractivity contribution < 1.29 is 48.0 Å². The molecule has 0 radical (unpaired) electrons. The lowest BCUT2D eigenvalue weighted by atomic mass is 10.1. The molecule has 0 atom stereocenters. The smallest absolute Gasteiger partial charge is 0.295 e. The third kappa shape index (κ3) is 12.7. The van der Waals surface area contributed by atoms with E-state index in [1.165, 1.54) is 18.2 Å². The molecular formula is C36H50N14O10S2. The van der Waals surface area contributed by atoms with Gasteiger partial charge in [-0.2, -0.15) is 38.3 Å². The van der Waals surface area contributed by atoms with Crippen molar-refractivity contribution in [2.45, 2.75) is 9.79 Å². The number of piperazine rings is 2. The maximum atomic E-state index is 12.8. The van der Waals surface area contributed by atoms with Crippen LogP contribution in [0.5, 0.6) is 0 Å². The van der Waals surface area contributed by atoms with Crippen molar-refractivity contribution in [3.8, 4) is 0 Å². The minimum atomic E-state index is -4.78. The number of nitrogens with zero attached hydrogens (tertiary/aromatic N) is 10. The third-order valence-electron chi connectivity index (χ3n) is 9.48. The largest absolute Gasteiger partial charge is 0.395 e. The molecule has 0 bridgehead atoms. The highest BCUT2D eigenvalue weighted by Crippen LogP contribution is 2.32. The quantitative estimate of drug-likeness (QED) is 0.0160. The van der Waals surface area contributed by atoms with Crippen molar-refractivity contribution in [2.24, 2.45) is 0 Å². The van der Waals surface area contributed by atoms with Crippen LogP contribution in [0.25, 0.3) is 12.2 Å². The van der Waals surface area contributed by atoms with E-state index in [-0.39, 0.29) is 87.7 Å². The second-order valence-corrected chi connectivity index (χ2v) is 15.8. The first-order valence-electron chi connectivity index (χ1n) is 19.6. The van der Waals surface area contributed by atoms with Crippen molar-refractivity contribution in [3.63, 3.8) is 0 Å². The van der Waals surface area contributed by atoms with E-state index in [0.717, 1.165) is 13.1 Å². The number of anilines is 8. The van der Waals surface area contributed by atoms with E-state index in [9.17, 15) is 33.4 Å².